The summed E-state index contributed by atoms with van der Waals surface area (Å²) >= 11 is 0. The van der Waals surface area contributed by atoms with Gasteiger partial charge in [-0.1, -0.05) is 0 Å². The van der Waals surface area contributed by atoms with Gasteiger partial charge in [0.15, 0.2) is 11.5 Å². The van der Waals surface area contributed by atoms with Gasteiger partial charge in [0.2, 0.25) is 6.79 Å². The highest BCUT2D eigenvalue weighted by Gasteiger charge is 2.18. The molecule has 2 aromatic rings. The lowest BCUT2D eigenvalue weighted by Gasteiger charge is -2.10. The first-order valence-corrected chi connectivity index (χ1v) is 6.07. The van der Waals surface area contributed by atoms with Crippen LogP contribution in [-0.2, 0) is 0 Å². The van der Waals surface area contributed by atoms with E-state index in [1.165, 1.54) is 12.1 Å². The number of rotatable bonds is 2. The minimum Gasteiger partial charge on any atom is -0.508 e. The van der Waals surface area contributed by atoms with Gasteiger partial charge in [-0.25, -0.2) is 0 Å². The van der Waals surface area contributed by atoms with Crippen LogP contribution in [0.5, 0.6) is 23.0 Å². The van der Waals surface area contributed by atoms with Crippen molar-refractivity contribution in [1.82, 2.24) is 0 Å². The molecule has 0 radical (unpaired) electrons. The summed E-state index contributed by atoms with van der Waals surface area (Å²) in [5.41, 5.74) is 6.50. The molecule has 5 N–H and O–H groups in total. The number of carbonyl (C=O) groups excluding carboxylic acids is 1. The van der Waals surface area contributed by atoms with E-state index in [1.807, 2.05) is 0 Å². The van der Waals surface area contributed by atoms with E-state index < -0.39 is 5.91 Å². The van der Waals surface area contributed by atoms with Gasteiger partial charge in [-0.15, -0.1) is 0 Å². The monoisotopic (exact) mass is 288 g/mol. The van der Waals surface area contributed by atoms with Crippen LogP contribution in [0.4, 0.5) is 11.4 Å². The summed E-state index contributed by atoms with van der Waals surface area (Å²) in [5, 5.41) is 21.5. The van der Waals surface area contributed by atoms with Crippen LogP contribution in [0, 0.1) is 0 Å². The molecule has 3 rings (SSSR count). The largest absolute Gasteiger partial charge is 0.508 e. The molecule has 1 aliphatic rings. The van der Waals surface area contributed by atoms with Crippen LogP contribution in [0.3, 0.4) is 0 Å². The average molecular weight is 288 g/mol. The Morgan fingerprint density at radius 2 is 1.86 bits per heavy atom. The topological polar surface area (TPSA) is 114 Å². The zero-order chi connectivity index (χ0) is 15.0. The van der Waals surface area contributed by atoms with Gasteiger partial charge in [0, 0.05) is 18.2 Å². The van der Waals surface area contributed by atoms with Gasteiger partial charge in [0.1, 0.15) is 11.5 Å². The number of aromatic hydroxyl groups is 2. The Labute approximate surface area is 119 Å². The second-order valence-corrected chi connectivity index (χ2v) is 4.45. The highest BCUT2D eigenvalue weighted by atomic mass is 16.7. The quantitative estimate of drug-likeness (QED) is 0.625. The molecule has 0 saturated carbocycles. The smallest absolute Gasteiger partial charge is 0.259 e. The Balaban J connectivity index is 1.88. The van der Waals surface area contributed by atoms with E-state index in [2.05, 4.69) is 5.32 Å². The van der Waals surface area contributed by atoms with Crippen molar-refractivity contribution in [3.8, 4) is 23.0 Å². The molecule has 0 saturated heterocycles. The van der Waals surface area contributed by atoms with Gasteiger partial charge in [-0.2, -0.15) is 0 Å². The average Bonchev–Trinajstić information content (AvgIpc) is 2.86. The summed E-state index contributed by atoms with van der Waals surface area (Å²) < 4.78 is 10.4. The molecule has 7 nitrogen and oxygen atoms in total. The lowest BCUT2D eigenvalue weighted by atomic mass is 10.1. The van der Waals surface area contributed by atoms with Crippen molar-refractivity contribution in [2.24, 2.45) is 0 Å². The number of anilines is 2. The second kappa shape index (κ2) is 4.78. The number of fused-ring (bicyclic) bond motifs is 1. The Bertz CT molecular complexity index is 730. The van der Waals surface area contributed by atoms with Crippen molar-refractivity contribution in [2.45, 2.75) is 0 Å². The minimum absolute atomic E-state index is 0.0184. The van der Waals surface area contributed by atoms with Crippen molar-refractivity contribution in [2.75, 3.05) is 17.8 Å². The molecule has 21 heavy (non-hydrogen) atoms. The van der Waals surface area contributed by atoms with Crippen LogP contribution in [0.2, 0.25) is 0 Å². The van der Waals surface area contributed by atoms with E-state index >= 15 is 0 Å². The molecule has 108 valence electrons. The molecular weight excluding hydrogens is 276 g/mol. The summed E-state index contributed by atoms with van der Waals surface area (Å²) in [6, 6.07) is 6.79. The van der Waals surface area contributed by atoms with E-state index in [9.17, 15) is 15.0 Å². The Morgan fingerprint density at radius 1 is 1.14 bits per heavy atom. The number of ether oxygens (including phenoxy) is 2. The van der Waals surface area contributed by atoms with Gasteiger partial charge >= 0.3 is 0 Å². The normalized spacial score (nSPS) is 12.2. The number of hydrogen-bond acceptors (Lipinski definition) is 6. The molecule has 1 amide bonds. The molecule has 7 heteroatoms. The summed E-state index contributed by atoms with van der Waals surface area (Å²) in [6.07, 6.45) is 0. The maximum Gasteiger partial charge on any atom is 0.259 e. The van der Waals surface area contributed by atoms with Crippen LogP contribution in [0.25, 0.3) is 0 Å². The fraction of sp³-hybridized carbons (Fsp3) is 0.0714. The fourth-order valence-electron chi connectivity index (χ4n) is 1.97. The molecule has 0 aliphatic carbocycles. The molecule has 0 unspecified atom stereocenters. The minimum atomic E-state index is -0.557. The Hall–Kier alpha value is -3.09. The van der Waals surface area contributed by atoms with Gasteiger partial charge in [-0.05, 0) is 12.1 Å². The van der Waals surface area contributed by atoms with Crippen molar-refractivity contribution < 1.29 is 24.5 Å². The standard InChI is InChI=1S/C14H12N2O5/c15-9-4-12-13(21-6-20-12)5-10(9)16-14(19)8-2-1-7(17)3-11(8)18/h1-5,17-18H,6,15H2,(H,16,19). The number of phenolic OH excluding ortho intramolecular Hbond substituents is 2. The zero-order valence-electron chi connectivity index (χ0n) is 10.8. The number of carbonyl (C=O) groups is 1. The maximum absolute atomic E-state index is 12.1. The summed E-state index contributed by atoms with van der Waals surface area (Å²) in [7, 11) is 0. The predicted molar refractivity (Wildman–Crippen MR) is 74.7 cm³/mol. The number of hydrogen-bond donors (Lipinski definition) is 4. The molecule has 1 heterocycles. The summed E-state index contributed by atoms with van der Waals surface area (Å²) in [4.78, 5) is 12.1. The van der Waals surface area contributed by atoms with Crippen LogP contribution in [0.1, 0.15) is 10.4 Å². The number of nitrogens with one attached hydrogen (secondary N) is 1. The van der Waals surface area contributed by atoms with E-state index in [1.54, 1.807) is 12.1 Å². The third kappa shape index (κ3) is 2.36. The number of nitrogens with two attached hydrogens (primary N) is 1. The lowest BCUT2D eigenvalue weighted by Crippen LogP contribution is -2.13. The molecule has 0 bridgehead atoms. The molecule has 1 aliphatic heterocycles. The SMILES string of the molecule is Nc1cc2c(cc1NC(=O)c1ccc(O)cc1O)OCO2. The van der Waals surface area contributed by atoms with E-state index in [0.717, 1.165) is 6.07 Å². The van der Waals surface area contributed by atoms with Crippen LogP contribution in [-0.4, -0.2) is 22.9 Å². The molecule has 0 spiro atoms. The number of phenols is 2. The predicted octanol–water partition coefficient (Wildman–Crippen LogP) is 1.66. The van der Waals surface area contributed by atoms with Gasteiger partial charge < -0.3 is 30.7 Å². The highest BCUT2D eigenvalue weighted by molar-refractivity contribution is 6.07. The fourth-order valence-corrected chi connectivity index (χ4v) is 1.97. The van der Waals surface area contributed by atoms with Crippen LogP contribution in [0.15, 0.2) is 30.3 Å². The summed E-state index contributed by atoms with van der Waals surface area (Å²) in [5.74, 6) is -0.0241. The molecule has 0 atom stereocenters. The van der Waals surface area contributed by atoms with Crippen molar-refractivity contribution in [3.05, 3.63) is 35.9 Å². The third-order valence-corrected chi connectivity index (χ3v) is 3.02. The zero-order valence-corrected chi connectivity index (χ0v) is 10.8. The molecule has 0 fully saturated rings. The Kier molecular flexibility index (Phi) is 2.94. The first kappa shape index (κ1) is 12.9. The first-order valence-electron chi connectivity index (χ1n) is 6.07. The van der Waals surface area contributed by atoms with Crippen molar-refractivity contribution in [3.63, 3.8) is 0 Å². The van der Waals surface area contributed by atoms with E-state index in [4.69, 9.17) is 15.2 Å². The molecule has 2 aromatic carbocycles. The van der Waals surface area contributed by atoms with Crippen molar-refractivity contribution in [1.29, 1.82) is 0 Å². The Morgan fingerprint density at radius 3 is 2.57 bits per heavy atom. The van der Waals surface area contributed by atoms with Crippen LogP contribution < -0.4 is 20.5 Å². The van der Waals surface area contributed by atoms with Crippen LogP contribution >= 0.6 is 0 Å². The lowest BCUT2D eigenvalue weighted by molar-refractivity contribution is 0.102. The molecular formula is C14H12N2O5. The maximum atomic E-state index is 12.1. The first-order chi connectivity index (χ1) is 10.0. The van der Waals surface area contributed by atoms with E-state index in [0.29, 0.717) is 22.9 Å². The number of amides is 1. The molecule has 0 aromatic heterocycles. The van der Waals surface area contributed by atoms with Crippen molar-refractivity contribution >= 4 is 17.3 Å². The van der Waals surface area contributed by atoms with Gasteiger partial charge in [0.25, 0.3) is 5.91 Å². The number of nitrogen functional groups attached to an aromatic ring is 1. The summed E-state index contributed by atoms with van der Waals surface area (Å²) in [6.45, 7) is 0.102. The third-order valence-electron chi connectivity index (χ3n) is 3.02. The van der Waals surface area contributed by atoms with Gasteiger partial charge in [0.05, 0.1) is 16.9 Å². The highest BCUT2D eigenvalue weighted by Crippen LogP contribution is 2.38. The van der Waals surface area contributed by atoms with E-state index in [-0.39, 0.29) is 23.9 Å². The van der Waals surface area contributed by atoms with Gasteiger partial charge in [-0.3, -0.25) is 4.79 Å². The number of benzene rings is 2. The second-order valence-electron chi connectivity index (χ2n) is 4.45.